The maximum Gasteiger partial charge on any atom is 0.162 e. The van der Waals surface area contributed by atoms with Gasteiger partial charge in [0, 0.05) is 17.6 Å². The predicted molar refractivity (Wildman–Crippen MR) is 79.3 cm³/mol. The number of nitriles is 1. The molecule has 0 saturated carbocycles. The van der Waals surface area contributed by atoms with Crippen LogP contribution in [0.3, 0.4) is 0 Å². The number of pyridine rings is 1. The minimum Gasteiger partial charge on any atom is -0.493 e. The lowest BCUT2D eigenvalue weighted by Crippen LogP contribution is -1.90. The molecule has 0 amide bonds. The fourth-order valence-electron chi connectivity index (χ4n) is 2.34. The molecule has 21 heavy (non-hydrogen) atoms. The summed E-state index contributed by atoms with van der Waals surface area (Å²) in [7, 11) is 3.15. The summed E-state index contributed by atoms with van der Waals surface area (Å²) >= 11 is 0. The molecular formula is C16H13N3O2. The summed E-state index contributed by atoms with van der Waals surface area (Å²) in [5, 5.41) is 10.3. The Balaban J connectivity index is 2.31. The Hall–Kier alpha value is -3.00. The summed E-state index contributed by atoms with van der Waals surface area (Å²) in [5.74, 6) is 1.20. The smallest absolute Gasteiger partial charge is 0.162 e. The first-order valence-corrected chi connectivity index (χ1v) is 6.37. The van der Waals surface area contributed by atoms with E-state index >= 15 is 0 Å². The summed E-state index contributed by atoms with van der Waals surface area (Å²) in [6.45, 7) is 0. The van der Waals surface area contributed by atoms with Gasteiger partial charge < -0.3 is 14.5 Å². The first-order chi connectivity index (χ1) is 10.3. The Kier molecular flexibility index (Phi) is 3.20. The zero-order valence-corrected chi connectivity index (χ0v) is 11.7. The Morgan fingerprint density at radius 2 is 1.90 bits per heavy atom. The third-order valence-electron chi connectivity index (χ3n) is 3.34. The van der Waals surface area contributed by atoms with Gasteiger partial charge in [-0.25, -0.2) is 0 Å². The molecule has 2 heterocycles. The van der Waals surface area contributed by atoms with Crippen LogP contribution >= 0.6 is 0 Å². The molecule has 5 heteroatoms. The number of H-pyrrole nitrogens is 1. The Morgan fingerprint density at radius 3 is 2.52 bits per heavy atom. The molecule has 5 nitrogen and oxygen atoms in total. The van der Waals surface area contributed by atoms with Crippen LogP contribution in [0.5, 0.6) is 11.5 Å². The maximum atomic E-state index is 9.49. The summed E-state index contributed by atoms with van der Waals surface area (Å²) in [6, 6.07) is 11.4. The van der Waals surface area contributed by atoms with Crippen LogP contribution in [0, 0.1) is 11.3 Å². The molecule has 1 N–H and O–H groups in total. The zero-order chi connectivity index (χ0) is 14.8. The van der Waals surface area contributed by atoms with E-state index in [0.717, 1.165) is 16.6 Å². The molecular weight excluding hydrogens is 266 g/mol. The van der Waals surface area contributed by atoms with Crippen LogP contribution < -0.4 is 9.47 Å². The van der Waals surface area contributed by atoms with Gasteiger partial charge >= 0.3 is 0 Å². The maximum absolute atomic E-state index is 9.49. The highest BCUT2D eigenvalue weighted by Gasteiger charge is 2.16. The van der Waals surface area contributed by atoms with Crippen LogP contribution in [0.25, 0.3) is 22.3 Å². The molecule has 0 unspecified atom stereocenters. The van der Waals surface area contributed by atoms with Crippen molar-refractivity contribution >= 4 is 10.9 Å². The molecule has 0 saturated heterocycles. The van der Waals surface area contributed by atoms with Gasteiger partial charge in [0.2, 0.25) is 0 Å². The molecule has 0 atom stereocenters. The largest absolute Gasteiger partial charge is 0.493 e. The molecule has 0 aliphatic heterocycles. The lowest BCUT2D eigenvalue weighted by molar-refractivity contribution is 0.356. The van der Waals surface area contributed by atoms with Gasteiger partial charge in [-0.05, 0) is 18.2 Å². The van der Waals surface area contributed by atoms with Crippen LogP contribution in [-0.2, 0) is 0 Å². The number of ether oxygens (including phenoxy) is 2. The van der Waals surface area contributed by atoms with Crippen LogP contribution in [-0.4, -0.2) is 24.2 Å². The van der Waals surface area contributed by atoms with Crippen molar-refractivity contribution < 1.29 is 9.47 Å². The van der Waals surface area contributed by atoms with E-state index in [9.17, 15) is 5.26 Å². The highest BCUT2D eigenvalue weighted by molar-refractivity contribution is 5.95. The molecule has 104 valence electrons. The first kappa shape index (κ1) is 13.0. The number of nitrogens with zero attached hydrogens (tertiary/aromatic N) is 2. The quantitative estimate of drug-likeness (QED) is 0.799. The average Bonchev–Trinajstić information content (AvgIpc) is 2.91. The summed E-state index contributed by atoms with van der Waals surface area (Å²) in [4.78, 5) is 7.53. The van der Waals surface area contributed by atoms with E-state index in [1.54, 1.807) is 26.5 Å². The summed E-state index contributed by atoms with van der Waals surface area (Å²) < 4.78 is 10.6. The number of benzene rings is 1. The fraction of sp³-hybridized carbons (Fsp3) is 0.125. The number of rotatable bonds is 3. The standard InChI is InChI=1S/C16H13N3O2/c1-20-14-7-10-11(9-17)16(12-5-3-4-6-18-12)19-13(10)8-15(14)21-2/h3-8,19H,1-2H3. The van der Waals surface area contributed by atoms with Crippen molar-refractivity contribution in [3.63, 3.8) is 0 Å². The Labute approximate surface area is 121 Å². The van der Waals surface area contributed by atoms with E-state index in [1.165, 1.54) is 0 Å². The van der Waals surface area contributed by atoms with E-state index in [0.29, 0.717) is 22.8 Å². The Bertz CT molecular complexity index is 832. The SMILES string of the molecule is COc1cc2[nH]c(-c3ccccn3)c(C#N)c2cc1OC. The third kappa shape index (κ3) is 2.07. The number of fused-ring (bicyclic) bond motifs is 1. The van der Waals surface area contributed by atoms with E-state index < -0.39 is 0 Å². The molecule has 0 bridgehead atoms. The van der Waals surface area contributed by atoms with Gasteiger partial charge in [0.05, 0.1) is 36.7 Å². The van der Waals surface area contributed by atoms with Crippen LogP contribution in [0.15, 0.2) is 36.5 Å². The number of hydrogen-bond acceptors (Lipinski definition) is 4. The van der Waals surface area contributed by atoms with E-state index in [4.69, 9.17) is 9.47 Å². The van der Waals surface area contributed by atoms with E-state index in [1.807, 2.05) is 24.3 Å². The van der Waals surface area contributed by atoms with Crippen LogP contribution in [0.4, 0.5) is 0 Å². The van der Waals surface area contributed by atoms with Gasteiger partial charge in [-0.2, -0.15) is 5.26 Å². The van der Waals surface area contributed by atoms with E-state index in [2.05, 4.69) is 16.0 Å². The number of aromatic nitrogens is 2. The predicted octanol–water partition coefficient (Wildman–Crippen LogP) is 3.12. The van der Waals surface area contributed by atoms with Crippen molar-refractivity contribution in [3.05, 3.63) is 42.1 Å². The van der Waals surface area contributed by atoms with Gasteiger partial charge in [-0.1, -0.05) is 6.07 Å². The Morgan fingerprint density at radius 1 is 1.14 bits per heavy atom. The fourth-order valence-corrected chi connectivity index (χ4v) is 2.34. The van der Waals surface area contributed by atoms with Crippen molar-refractivity contribution in [2.45, 2.75) is 0 Å². The second-order valence-corrected chi connectivity index (χ2v) is 4.45. The second-order valence-electron chi connectivity index (χ2n) is 4.45. The van der Waals surface area contributed by atoms with Crippen LogP contribution in [0.1, 0.15) is 5.56 Å². The van der Waals surface area contributed by atoms with Crippen LogP contribution in [0.2, 0.25) is 0 Å². The highest BCUT2D eigenvalue weighted by Crippen LogP contribution is 2.36. The molecule has 1 aromatic carbocycles. The zero-order valence-electron chi connectivity index (χ0n) is 11.7. The van der Waals surface area contributed by atoms with E-state index in [-0.39, 0.29) is 0 Å². The first-order valence-electron chi connectivity index (χ1n) is 6.37. The monoisotopic (exact) mass is 279 g/mol. The van der Waals surface area contributed by atoms with Crippen molar-refractivity contribution in [1.29, 1.82) is 5.26 Å². The summed E-state index contributed by atoms with van der Waals surface area (Å²) in [5.41, 5.74) is 2.78. The van der Waals surface area contributed by atoms with Gasteiger partial charge in [0.1, 0.15) is 6.07 Å². The minimum absolute atomic E-state index is 0.546. The number of methoxy groups -OCH3 is 2. The molecule has 0 aliphatic carbocycles. The highest BCUT2D eigenvalue weighted by atomic mass is 16.5. The van der Waals surface area contributed by atoms with Gasteiger partial charge in [0.15, 0.2) is 11.5 Å². The molecule has 0 fully saturated rings. The average molecular weight is 279 g/mol. The van der Waals surface area contributed by atoms with Gasteiger partial charge in [0.25, 0.3) is 0 Å². The third-order valence-corrected chi connectivity index (χ3v) is 3.34. The summed E-state index contributed by atoms with van der Waals surface area (Å²) in [6.07, 6.45) is 1.70. The lowest BCUT2D eigenvalue weighted by atomic mass is 10.1. The molecule has 0 spiro atoms. The van der Waals surface area contributed by atoms with Crippen molar-refractivity contribution in [2.75, 3.05) is 14.2 Å². The van der Waals surface area contributed by atoms with Crippen molar-refractivity contribution in [3.8, 4) is 29.0 Å². The van der Waals surface area contributed by atoms with Crippen molar-refractivity contribution in [2.24, 2.45) is 0 Å². The second kappa shape index (κ2) is 5.17. The topological polar surface area (TPSA) is 70.9 Å². The van der Waals surface area contributed by atoms with Gasteiger partial charge in [-0.15, -0.1) is 0 Å². The lowest BCUT2D eigenvalue weighted by Gasteiger charge is -2.06. The minimum atomic E-state index is 0.546. The number of nitrogens with one attached hydrogen (secondary N) is 1. The molecule has 2 aromatic heterocycles. The van der Waals surface area contributed by atoms with Gasteiger partial charge in [-0.3, -0.25) is 4.98 Å². The molecule has 3 rings (SSSR count). The molecule has 0 radical (unpaired) electrons. The molecule has 3 aromatic rings. The normalized spacial score (nSPS) is 10.3. The number of aromatic amines is 1. The van der Waals surface area contributed by atoms with Crippen molar-refractivity contribution in [1.82, 2.24) is 9.97 Å². The molecule has 0 aliphatic rings. The number of hydrogen-bond donors (Lipinski definition) is 1.